The molecule has 1 atom stereocenters. The summed E-state index contributed by atoms with van der Waals surface area (Å²) in [5.41, 5.74) is 7.35. The zero-order chi connectivity index (χ0) is 11.4. The van der Waals surface area contributed by atoms with Gasteiger partial charge >= 0.3 is 6.09 Å². The first-order chi connectivity index (χ1) is 7.06. The Balaban J connectivity index is 2.84. The molecule has 0 aliphatic heterocycles. The summed E-state index contributed by atoms with van der Waals surface area (Å²) in [7, 11) is 3.06. The number of benzene rings is 1. The lowest BCUT2D eigenvalue weighted by molar-refractivity contribution is 0.120. The van der Waals surface area contributed by atoms with Gasteiger partial charge in [-0.2, -0.15) is 0 Å². The largest absolute Gasteiger partial charge is 0.453 e. The molecule has 0 radical (unpaired) electrons. The van der Waals surface area contributed by atoms with Crippen molar-refractivity contribution in [3.8, 4) is 0 Å². The molecule has 2 N–H and O–H groups in total. The van der Waals surface area contributed by atoms with Gasteiger partial charge in [0.15, 0.2) is 0 Å². The minimum absolute atomic E-state index is 0.0547. The Morgan fingerprint density at radius 1 is 1.53 bits per heavy atom. The highest BCUT2D eigenvalue weighted by Gasteiger charge is 2.17. The Bertz CT molecular complexity index is 352. The zero-order valence-electron chi connectivity index (χ0n) is 9.23. The van der Waals surface area contributed by atoms with Gasteiger partial charge < -0.3 is 15.4 Å². The van der Waals surface area contributed by atoms with Gasteiger partial charge in [-0.3, -0.25) is 0 Å². The minimum Gasteiger partial charge on any atom is -0.453 e. The van der Waals surface area contributed by atoms with Crippen LogP contribution in [0.5, 0.6) is 0 Å². The first kappa shape index (κ1) is 11.4. The molecule has 0 spiro atoms. The Morgan fingerprint density at radius 3 is 2.73 bits per heavy atom. The first-order valence-electron chi connectivity index (χ1n) is 4.72. The Labute approximate surface area is 89.6 Å². The minimum atomic E-state index is -0.357. The fourth-order valence-electron chi connectivity index (χ4n) is 1.34. The van der Waals surface area contributed by atoms with Gasteiger partial charge in [0.25, 0.3) is 0 Å². The van der Waals surface area contributed by atoms with Crippen LogP contribution in [0.25, 0.3) is 0 Å². The molecule has 1 rings (SSSR count). The molecule has 0 aromatic heterocycles. The maximum atomic E-state index is 11.3. The van der Waals surface area contributed by atoms with Crippen LogP contribution in [0.2, 0.25) is 0 Å². The van der Waals surface area contributed by atoms with E-state index in [2.05, 4.69) is 4.74 Å². The van der Waals surface area contributed by atoms with Crippen LogP contribution in [-0.2, 0) is 4.74 Å². The number of amides is 1. The second kappa shape index (κ2) is 4.68. The summed E-state index contributed by atoms with van der Waals surface area (Å²) in [5.74, 6) is 0. The van der Waals surface area contributed by atoms with Gasteiger partial charge in [0.05, 0.1) is 13.2 Å². The van der Waals surface area contributed by atoms with Crippen LogP contribution in [0.3, 0.4) is 0 Å². The summed E-state index contributed by atoms with van der Waals surface area (Å²) < 4.78 is 4.64. The smallest absolute Gasteiger partial charge is 0.409 e. The van der Waals surface area contributed by atoms with Crippen molar-refractivity contribution in [2.24, 2.45) is 0 Å². The number of hydrogen-bond donors (Lipinski definition) is 1. The molecule has 0 bridgehead atoms. The van der Waals surface area contributed by atoms with Crippen molar-refractivity contribution in [2.75, 3.05) is 19.9 Å². The van der Waals surface area contributed by atoms with Gasteiger partial charge in [-0.15, -0.1) is 0 Å². The molecule has 0 saturated heterocycles. The Kier molecular flexibility index (Phi) is 3.55. The number of rotatable bonds is 2. The fourth-order valence-corrected chi connectivity index (χ4v) is 1.34. The van der Waals surface area contributed by atoms with Crippen molar-refractivity contribution < 1.29 is 9.53 Å². The fraction of sp³-hybridized carbons (Fsp3) is 0.364. The van der Waals surface area contributed by atoms with Crippen LogP contribution in [0.15, 0.2) is 24.3 Å². The maximum Gasteiger partial charge on any atom is 0.409 e. The molecule has 1 unspecified atom stereocenters. The number of ether oxygens (including phenoxy) is 1. The summed E-state index contributed by atoms with van der Waals surface area (Å²) in [6.45, 7) is 1.92. The average Bonchev–Trinajstić information content (AvgIpc) is 2.26. The van der Waals surface area contributed by atoms with Gasteiger partial charge in [0.1, 0.15) is 0 Å². The molecule has 4 heteroatoms. The summed E-state index contributed by atoms with van der Waals surface area (Å²) in [6, 6.07) is 7.41. The molecule has 0 aliphatic rings. The van der Waals surface area contributed by atoms with Gasteiger partial charge in [0.2, 0.25) is 0 Å². The third kappa shape index (κ3) is 2.62. The number of nitrogens with two attached hydrogens (primary N) is 1. The van der Waals surface area contributed by atoms with Gasteiger partial charge in [-0.1, -0.05) is 12.1 Å². The van der Waals surface area contributed by atoms with E-state index in [9.17, 15) is 4.79 Å². The second-order valence-corrected chi connectivity index (χ2v) is 3.43. The van der Waals surface area contributed by atoms with Crippen LogP contribution < -0.4 is 5.73 Å². The number of anilines is 1. The van der Waals surface area contributed by atoms with Crippen molar-refractivity contribution in [3.05, 3.63) is 29.8 Å². The van der Waals surface area contributed by atoms with Gasteiger partial charge in [0, 0.05) is 12.7 Å². The normalized spacial score (nSPS) is 11.9. The molecule has 0 saturated carbocycles. The van der Waals surface area contributed by atoms with Gasteiger partial charge in [-0.05, 0) is 24.6 Å². The zero-order valence-corrected chi connectivity index (χ0v) is 9.23. The van der Waals surface area contributed by atoms with E-state index in [0.29, 0.717) is 5.69 Å². The first-order valence-corrected chi connectivity index (χ1v) is 4.72. The van der Waals surface area contributed by atoms with Crippen molar-refractivity contribution in [1.82, 2.24) is 4.90 Å². The van der Waals surface area contributed by atoms with Crippen LogP contribution in [0, 0.1) is 0 Å². The van der Waals surface area contributed by atoms with E-state index in [4.69, 9.17) is 5.73 Å². The van der Waals surface area contributed by atoms with E-state index in [-0.39, 0.29) is 12.1 Å². The van der Waals surface area contributed by atoms with Crippen molar-refractivity contribution >= 4 is 11.8 Å². The van der Waals surface area contributed by atoms with Crippen LogP contribution in [-0.4, -0.2) is 25.2 Å². The quantitative estimate of drug-likeness (QED) is 0.756. The summed E-state index contributed by atoms with van der Waals surface area (Å²) in [6.07, 6.45) is -0.357. The Hall–Kier alpha value is -1.71. The van der Waals surface area contributed by atoms with E-state index in [1.165, 1.54) is 12.0 Å². The highest BCUT2D eigenvalue weighted by atomic mass is 16.5. The third-order valence-corrected chi connectivity index (χ3v) is 2.44. The number of hydrogen-bond acceptors (Lipinski definition) is 3. The summed E-state index contributed by atoms with van der Waals surface area (Å²) in [5, 5.41) is 0. The highest BCUT2D eigenvalue weighted by molar-refractivity contribution is 5.67. The lowest BCUT2D eigenvalue weighted by Gasteiger charge is -2.23. The molecule has 4 nitrogen and oxygen atoms in total. The predicted octanol–water partition coefficient (Wildman–Crippen LogP) is 2.03. The van der Waals surface area contributed by atoms with E-state index in [1.54, 1.807) is 7.05 Å². The van der Waals surface area contributed by atoms with E-state index >= 15 is 0 Å². The summed E-state index contributed by atoms with van der Waals surface area (Å²) >= 11 is 0. The molecule has 1 aromatic carbocycles. The van der Waals surface area contributed by atoms with Crippen LogP contribution in [0.1, 0.15) is 18.5 Å². The van der Waals surface area contributed by atoms with Crippen molar-refractivity contribution in [2.45, 2.75) is 13.0 Å². The van der Waals surface area contributed by atoms with Crippen molar-refractivity contribution in [1.29, 1.82) is 0 Å². The maximum absolute atomic E-state index is 11.3. The molecule has 82 valence electrons. The monoisotopic (exact) mass is 208 g/mol. The number of carbonyl (C=O) groups excluding carboxylic acids is 1. The third-order valence-electron chi connectivity index (χ3n) is 2.44. The molecule has 1 aromatic rings. The number of nitrogens with zero attached hydrogens (tertiary/aromatic N) is 1. The molecular formula is C11H16N2O2. The lowest BCUT2D eigenvalue weighted by atomic mass is 10.1. The standard InChI is InChI=1S/C11H16N2O2/c1-8(13(2)11(14)15-3)9-5-4-6-10(12)7-9/h4-8H,12H2,1-3H3. The van der Waals surface area contributed by atoms with E-state index in [0.717, 1.165) is 5.56 Å². The van der Waals surface area contributed by atoms with Crippen molar-refractivity contribution in [3.63, 3.8) is 0 Å². The molecular weight excluding hydrogens is 192 g/mol. The molecule has 0 fully saturated rings. The van der Waals surface area contributed by atoms with E-state index < -0.39 is 0 Å². The molecule has 15 heavy (non-hydrogen) atoms. The predicted molar refractivity (Wildman–Crippen MR) is 59.4 cm³/mol. The topological polar surface area (TPSA) is 55.6 Å². The van der Waals surface area contributed by atoms with Gasteiger partial charge in [-0.25, -0.2) is 4.79 Å². The second-order valence-electron chi connectivity index (χ2n) is 3.43. The van der Waals surface area contributed by atoms with E-state index in [1.807, 2.05) is 31.2 Å². The number of carbonyl (C=O) groups is 1. The molecule has 0 heterocycles. The Morgan fingerprint density at radius 2 is 2.20 bits per heavy atom. The van der Waals surface area contributed by atoms with Crippen LogP contribution in [0.4, 0.5) is 10.5 Å². The molecule has 1 amide bonds. The number of nitrogen functional groups attached to an aromatic ring is 1. The average molecular weight is 208 g/mol. The lowest BCUT2D eigenvalue weighted by Crippen LogP contribution is -2.29. The SMILES string of the molecule is COC(=O)N(C)C(C)c1cccc(N)c1. The molecule has 0 aliphatic carbocycles. The van der Waals surface area contributed by atoms with Crippen LogP contribution >= 0.6 is 0 Å². The summed E-state index contributed by atoms with van der Waals surface area (Å²) in [4.78, 5) is 12.8. The highest BCUT2D eigenvalue weighted by Crippen LogP contribution is 2.20. The number of methoxy groups -OCH3 is 1.